The van der Waals surface area contributed by atoms with Gasteiger partial charge < -0.3 is 4.90 Å². The van der Waals surface area contributed by atoms with Crippen LogP contribution in [0.1, 0.15) is 26.7 Å². The Morgan fingerprint density at radius 1 is 1.59 bits per heavy atom. The standard InChI is InChI=1S/C11H18BrN5/c1-7(2)17(6-8-3-4-8)10-9(12)5-14-11(15-10)16-13/h5,7-8H,3-4,6,13H2,1-2H3,(H,14,15,16). The van der Waals surface area contributed by atoms with Crippen molar-refractivity contribution in [2.75, 3.05) is 16.9 Å². The van der Waals surface area contributed by atoms with Crippen LogP contribution in [0.5, 0.6) is 0 Å². The average molecular weight is 300 g/mol. The summed E-state index contributed by atoms with van der Waals surface area (Å²) >= 11 is 3.50. The van der Waals surface area contributed by atoms with Crippen molar-refractivity contribution in [1.29, 1.82) is 0 Å². The smallest absolute Gasteiger partial charge is 0.239 e. The molecule has 0 amide bonds. The van der Waals surface area contributed by atoms with Crippen LogP contribution in [-0.4, -0.2) is 22.6 Å². The molecular formula is C11H18BrN5. The summed E-state index contributed by atoms with van der Waals surface area (Å²) in [5.41, 5.74) is 2.49. The van der Waals surface area contributed by atoms with Crippen molar-refractivity contribution in [3.63, 3.8) is 0 Å². The molecule has 0 atom stereocenters. The number of anilines is 2. The van der Waals surface area contributed by atoms with Crippen LogP contribution < -0.4 is 16.2 Å². The highest BCUT2D eigenvalue weighted by molar-refractivity contribution is 9.10. The Morgan fingerprint density at radius 3 is 2.82 bits per heavy atom. The Labute approximate surface area is 110 Å². The van der Waals surface area contributed by atoms with E-state index in [1.807, 2.05) is 0 Å². The molecular weight excluding hydrogens is 282 g/mol. The molecule has 17 heavy (non-hydrogen) atoms. The summed E-state index contributed by atoms with van der Waals surface area (Å²) < 4.78 is 0.908. The van der Waals surface area contributed by atoms with Crippen LogP contribution in [0, 0.1) is 5.92 Å². The minimum absolute atomic E-state index is 0.410. The fourth-order valence-corrected chi connectivity index (χ4v) is 2.17. The molecule has 3 N–H and O–H groups in total. The summed E-state index contributed by atoms with van der Waals surface area (Å²) in [4.78, 5) is 10.8. The normalized spacial score (nSPS) is 15.1. The zero-order valence-electron chi connectivity index (χ0n) is 10.2. The number of nitrogens with two attached hydrogens (primary N) is 1. The SMILES string of the molecule is CC(C)N(CC1CC1)c1nc(NN)ncc1Br. The molecule has 0 aromatic carbocycles. The van der Waals surface area contributed by atoms with Crippen LogP contribution in [0.25, 0.3) is 0 Å². The molecule has 5 nitrogen and oxygen atoms in total. The van der Waals surface area contributed by atoms with Gasteiger partial charge in [-0.05, 0) is 48.5 Å². The van der Waals surface area contributed by atoms with Gasteiger partial charge in [-0.2, -0.15) is 4.98 Å². The molecule has 1 aliphatic rings. The van der Waals surface area contributed by atoms with E-state index in [0.29, 0.717) is 12.0 Å². The van der Waals surface area contributed by atoms with Gasteiger partial charge in [0.05, 0.1) is 4.47 Å². The van der Waals surface area contributed by atoms with Gasteiger partial charge in [0.1, 0.15) is 5.82 Å². The summed E-state index contributed by atoms with van der Waals surface area (Å²) in [5.74, 6) is 7.52. The van der Waals surface area contributed by atoms with Crippen molar-refractivity contribution >= 4 is 27.7 Å². The maximum Gasteiger partial charge on any atom is 0.239 e. The van der Waals surface area contributed by atoms with Crippen LogP contribution in [0.4, 0.5) is 11.8 Å². The van der Waals surface area contributed by atoms with Crippen LogP contribution >= 0.6 is 15.9 Å². The molecule has 0 bridgehead atoms. The van der Waals surface area contributed by atoms with E-state index in [9.17, 15) is 0 Å². The third-order valence-corrected chi connectivity index (χ3v) is 3.46. The van der Waals surface area contributed by atoms with Crippen molar-refractivity contribution in [2.45, 2.75) is 32.7 Å². The zero-order chi connectivity index (χ0) is 12.4. The zero-order valence-corrected chi connectivity index (χ0v) is 11.7. The summed E-state index contributed by atoms with van der Waals surface area (Å²) in [5, 5.41) is 0. The number of nitrogens with zero attached hydrogens (tertiary/aromatic N) is 3. The van der Waals surface area contributed by atoms with Crippen molar-refractivity contribution in [1.82, 2.24) is 9.97 Å². The van der Waals surface area contributed by atoms with Gasteiger partial charge in [0, 0.05) is 18.8 Å². The highest BCUT2D eigenvalue weighted by Crippen LogP contribution is 2.34. The molecule has 94 valence electrons. The number of hydrogen-bond donors (Lipinski definition) is 2. The Hall–Kier alpha value is -0.880. The Kier molecular flexibility index (Phi) is 3.83. The maximum atomic E-state index is 5.35. The highest BCUT2D eigenvalue weighted by atomic mass is 79.9. The lowest BCUT2D eigenvalue weighted by molar-refractivity contribution is 0.634. The Balaban J connectivity index is 2.26. The van der Waals surface area contributed by atoms with E-state index < -0.39 is 0 Å². The molecule has 1 aromatic heterocycles. The van der Waals surface area contributed by atoms with Crippen LogP contribution in [0.3, 0.4) is 0 Å². The second-order valence-corrected chi connectivity index (χ2v) is 5.55. The molecule has 1 fully saturated rings. The lowest BCUT2D eigenvalue weighted by Gasteiger charge is -2.28. The quantitative estimate of drug-likeness (QED) is 0.644. The summed E-state index contributed by atoms with van der Waals surface area (Å²) in [7, 11) is 0. The van der Waals surface area contributed by atoms with Crippen molar-refractivity contribution in [3.05, 3.63) is 10.7 Å². The second kappa shape index (κ2) is 5.18. The predicted molar refractivity (Wildman–Crippen MR) is 72.7 cm³/mol. The lowest BCUT2D eigenvalue weighted by Crippen LogP contribution is -2.34. The molecule has 0 aliphatic heterocycles. The second-order valence-electron chi connectivity index (χ2n) is 4.70. The molecule has 1 heterocycles. The van der Waals surface area contributed by atoms with E-state index >= 15 is 0 Å². The van der Waals surface area contributed by atoms with Crippen LogP contribution in [0.2, 0.25) is 0 Å². The first-order valence-electron chi connectivity index (χ1n) is 5.87. The largest absolute Gasteiger partial charge is 0.353 e. The van der Waals surface area contributed by atoms with E-state index in [1.54, 1.807) is 6.20 Å². The van der Waals surface area contributed by atoms with E-state index in [1.165, 1.54) is 12.8 Å². The summed E-state index contributed by atoms with van der Waals surface area (Å²) in [6.45, 7) is 5.40. The monoisotopic (exact) mass is 299 g/mol. The van der Waals surface area contributed by atoms with E-state index in [2.05, 4.69) is 50.1 Å². The number of hydrogen-bond acceptors (Lipinski definition) is 5. The average Bonchev–Trinajstić information content (AvgIpc) is 3.10. The van der Waals surface area contributed by atoms with Gasteiger partial charge in [0.15, 0.2) is 0 Å². The number of hydrazine groups is 1. The third-order valence-electron chi connectivity index (χ3n) is 2.90. The first-order valence-corrected chi connectivity index (χ1v) is 6.67. The van der Waals surface area contributed by atoms with Gasteiger partial charge in [-0.3, -0.25) is 5.43 Å². The van der Waals surface area contributed by atoms with Gasteiger partial charge in [-0.1, -0.05) is 0 Å². The number of halogens is 1. The Morgan fingerprint density at radius 2 is 2.29 bits per heavy atom. The molecule has 2 rings (SSSR count). The first-order chi connectivity index (χ1) is 8.11. The van der Waals surface area contributed by atoms with Crippen molar-refractivity contribution in [2.24, 2.45) is 11.8 Å². The predicted octanol–water partition coefficient (Wildman–Crippen LogP) is 2.15. The molecule has 1 saturated carbocycles. The number of nitrogens with one attached hydrogen (secondary N) is 1. The molecule has 1 aliphatic carbocycles. The minimum atomic E-state index is 0.410. The molecule has 0 radical (unpaired) electrons. The van der Waals surface area contributed by atoms with Gasteiger partial charge in [-0.25, -0.2) is 10.8 Å². The van der Waals surface area contributed by atoms with E-state index in [-0.39, 0.29) is 0 Å². The number of aromatic nitrogens is 2. The molecule has 1 aromatic rings. The fourth-order valence-electron chi connectivity index (χ4n) is 1.75. The molecule has 0 spiro atoms. The number of nitrogen functional groups attached to an aromatic ring is 1. The van der Waals surface area contributed by atoms with Gasteiger partial charge in [0.2, 0.25) is 5.95 Å². The van der Waals surface area contributed by atoms with Crippen molar-refractivity contribution < 1.29 is 0 Å². The van der Waals surface area contributed by atoms with Crippen LogP contribution in [0.15, 0.2) is 10.7 Å². The fraction of sp³-hybridized carbons (Fsp3) is 0.636. The third kappa shape index (κ3) is 3.07. The first kappa shape index (κ1) is 12.6. The topological polar surface area (TPSA) is 67.1 Å². The van der Waals surface area contributed by atoms with Gasteiger partial charge in [-0.15, -0.1) is 0 Å². The van der Waals surface area contributed by atoms with E-state index in [0.717, 1.165) is 22.8 Å². The molecule has 0 unspecified atom stereocenters. The van der Waals surface area contributed by atoms with Crippen LogP contribution in [-0.2, 0) is 0 Å². The van der Waals surface area contributed by atoms with Gasteiger partial charge >= 0.3 is 0 Å². The Bertz CT molecular complexity index is 391. The summed E-state index contributed by atoms with van der Waals surface area (Å²) in [6, 6.07) is 0.410. The highest BCUT2D eigenvalue weighted by Gasteiger charge is 2.27. The number of rotatable bonds is 5. The lowest BCUT2D eigenvalue weighted by atomic mass is 10.2. The van der Waals surface area contributed by atoms with Crippen molar-refractivity contribution in [3.8, 4) is 0 Å². The molecule has 6 heteroatoms. The minimum Gasteiger partial charge on any atom is -0.353 e. The van der Waals surface area contributed by atoms with Gasteiger partial charge in [0.25, 0.3) is 0 Å². The maximum absolute atomic E-state index is 5.35. The molecule has 0 saturated heterocycles. The summed E-state index contributed by atoms with van der Waals surface area (Å²) in [6.07, 6.45) is 4.39. The van der Waals surface area contributed by atoms with E-state index in [4.69, 9.17) is 5.84 Å².